The lowest BCUT2D eigenvalue weighted by molar-refractivity contribution is -0.116. The maximum Gasteiger partial charge on any atom is 0.224 e. The number of anilines is 3. The minimum Gasteiger partial charge on any atom is -0.340 e. The molecule has 0 bridgehead atoms. The number of para-hydroxylation sites is 1. The van der Waals surface area contributed by atoms with Gasteiger partial charge in [0.2, 0.25) is 5.91 Å². The molecule has 1 heterocycles. The standard InChI is InChI=1S/C20H27N3O/c1-4-7-11-19(24)22-17-12-13-18(21-14-17)23-20-15(5-2)9-8-10-16(20)6-3/h8-10,12-14H,4-7,11H2,1-3H3,(H,21,23)(H,22,24). The van der Waals surface area contributed by atoms with E-state index >= 15 is 0 Å². The molecule has 4 heteroatoms. The van der Waals surface area contributed by atoms with E-state index in [1.807, 2.05) is 12.1 Å². The van der Waals surface area contributed by atoms with Crippen molar-refractivity contribution in [3.05, 3.63) is 47.7 Å². The Bertz CT molecular complexity index is 643. The molecule has 0 saturated carbocycles. The Hall–Kier alpha value is -2.36. The predicted octanol–water partition coefficient (Wildman–Crippen LogP) is 5.08. The first kappa shape index (κ1) is 18.0. The molecule has 0 aliphatic heterocycles. The minimum atomic E-state index is 0.0453. The molecular weight excluding hydrogens is 298 g/mol. The molecule has 0 fully saturated rings. The number of carbonyl (C=O) groups is 1. The molecule has 2 N–H and O–H groups in total. The van der Waals surface area contributed by atoms with E-state index in [0.717, 1.165) is 42.9 Å². The Labute approximate surface area is 144 Å². The molecule has 1 aromatic carbocycles. The monoisotopic (exact) mass is 325 g/mol. The zero-order valence-corrected chi connectivity index (χ0v) is 14.9. The smallest absolute Gasteiger partial charge is 0.224 e. The summed E-state index contributed by atoms with van der Waals surface area (Å²) in [5, 5.41) is 6.32. The number of pyridine rings is 1. The zero-order valence-electron chi connectivity index (χ0n) is 14.9. The number of carbonyl (C=O) groups excluding carboxylic acids is 1. The van der Waals surface area contributed by atoms with Crippen LogP contribution in [0.3, 0.4) is 0 Å². The lowest BCUT2D eigenvalue weighted by atomic mass is 10.0. The maximum absolute atomic E-state index is 11.8. The SMILES string of the molecule is CCCCC(=O)Nc1ccc(Nc2c(CC)cccc2CC)nc1. The second kappa shape index (κ2) is 9.06. The Morgan fingerprint density at radius 3 is 2.29 bits per heavy atom. The Morgan fingerprint density at radius 1 is 1.04 bits per heavy atom. The number of amides is 1. The van der Waals surface area contributed by atoms with Crippen LogP contribution < -0.4 is 10.6 Å². The van der Waals surface area contributed by atoms with E-state index in [1.165, 1.54) is 11.1 Å². The molecule has 0 unspecified atom stereocenters. The molecule has 0 aliphatic rings. The summed E-state index contributed by atoms with van der Waals surface area (Å²) in [6.07, 6.45) is 6.13. The molecule has 128 valence electrons. The summed E-state index contributed by atoms with van der Waals surface area (Å²) in [6, 6.07) is 10.2. The highest BCUT2D eigenvalue weighted by Gasteiger charge is 2.07. The summed E-state index contributed by atoms with van der Waals surface area (Å²) in [7, 11) is 0. The van der Waals surface area contributed by atoms with Crippen molar-refractivity contribution in [1.29, 1.82) is 0 Å². The van der Waals surface area contributed by atoms with Crippen LogP contribution in [0.4, 0.5) is 17.2 Å². The Balaban J connectivity index is 2.08. The first-order chi connectivity index (χ1) is 11.7. The molecule has 0 atom stereocenters. The van der Waals surface area contributed by atoms with Crippen molar-refractivity contribution in [1.82, 2.24) is 4.98 Å². The second-order valence-corrected chi connectivity index (χ2v) is 5.87. The van der Waals surface area contributed by atoms with E-state index in [-0.39, 0.29) is 5.91 Å². The molecular formula is C20H27N3O. The number of nitrogens with zero attached hydrogens (tertiary/aromatic N) is 1. The molecule has 1 amide bonds. The topological polar surface area (TPSA) is 54.0 Å². The van der Waals surface area contributed by atoms with Crippen LogP contribution in [0.5, 0.6) is 0 Å². The number of aromatic nitrogens is 1. The van der Waals surface area contributed by atoms with E-state index in [4.69, 9.17) is 0 Å². The maximum atomic E-state index is 11.8. The van der Waals surface area contributed by atoms with Crippen molar-refractivity contribution in [2.45, 2.75) is 52.9 Å². The number of benzene rings is 1. The van der Waals surface area contributed by atoms with Gasteiger partial charge in [-0.1, -0.05) is 45.4 Å². The van der Waals surface area contributed by atoms with Gasteiger partial charge < -0.3 is 10.6 Å². The van der Waals surface area contributed by atoms with E-state index in [0.29, 0.717) is 6.42 Å². The quantitative estimate of drug-likeness (QED) is 0.711. The average Bonchev–Trinajstić information content (AvgIpc) is 2.61. The Morgan fingerprint density at radius 2 is 1.75 bits per heavy atom. The lowest BCUT2D eigenvalue weighted by Crippen LogP contribution is -2.11. The molecule has 0 aliphatic carbocycles. The van der Waals surface area contributed by atoms with E-state index in [1.54, 1.807) is 6.20 Å². The Kier molecular flexibility index (Phi) is 6.79. The molecule has 24 heavy (non-hydrogen) atoms. The molecule has 2 rings (SSSR count). The van der Waals surface area contributed by atoms with Gasteiger partial charge in [0.25, 0.3) is 0 Å². The fraction of sp³-hybridized carbons (Fsp3) is 0.400. The van der Waals surface area contributed by atoms with Gasteiger partial charge in [0.15, 0.2) is 0 Å². The molecule has 2 aromatic rings. The number of rotatable bonds is 8. The van der Waals surface area contributed by atoms with Crippen LogP contribution in [0.2, 0.25) is 0 Å². The van der Waals surface area contributed by atoms with Crippen LogP contribution in [0.25, 0.3) is 0 Å². The highest BCUT2D eigenvalue weighted by atomic mass is 16.1. The number of hydrogen-bond donors (Lipinski definition) is 2. The van der Waals surface area contributed by atoms with E-state index in [2.05, 4.69) is 54.6 Å². The third-order valence-corrected chi connectivity index (χ3v) is 4.06. The number of nitrogens with one attached hydrogen (secondary N) is 2. The van der Waals surface area contributed by atoms with Gasteiger partial charge in [-0.25, -0.2) is 4.98 Å². The number of hydrogen-bond acceptors (Lipinski definition) is 3. The van der Waals surface area contributed by atoms with Crippen LogP contribution in [0.1, 0.15) is 51.2 Å². The van der Waals surface area contributed by atoms with Crippen molar-refractivity contribution >= 4 is 23.1 Å². The first-order valence-corrected chi connectivity index (χ1v) is 8.81. The van der Waals surface area contributed by atoms with Gasteiger partial charge >= 0.3 is 0 Å². The largest absolute Gasteiger partial charge is 0.340 e. The highest BCUT2D eigenvalue weighted by molar-refractivity contribution is 5.90. The van der Waals surface area contributed by atoms with Gasteiger partial charge in [0.05, 0.1) is 11.9 Å². The summed E-state index contributed by atoms with van der Waals surface area (Å²) >= 11 is 0. The van der Waals surface area contributed by atoms with Gasteiger partial charge in [0.1, 0.15) is 5.82 Å². The van der Waals surface area contributed by atoms with Crippen molar-refractivity contribution in [2.24, 2.45) is 0 Å². The van der Waals surface area contributed by atoms with Gasteiger partial charge in [-0.2, -0.15) is 0 Å². The molecule has 0 spiro atoms. The molecule has 0 radical (unpaired) electrons. The van der Waals surface area contributed by atoms with E-state index in [9.17, 15) is 4.79 Å². The normalized spacial score (nSPS) is 10.5. The van der Waals surface area contributed by atoms with Crippen molar-refractivity contribution < 1.29 is 4.79 Å². The van der Waals surface area contributed by atoms with Gasteiger partial charge in [-0.05, 0) is 42.5 Å². The molecule has 0 saturated heterocycles. The third kappa shape index (κ3) is 4.82. The predicted molar refractivity (Wildman–Crippen MR) is 101 cm³/mol. The van der Waals surface area contributed by atoms with Gasteiger partial charge in [-0.15, -0.1) is 0 Å². The fourth-order valence-corrected chi connectivity index (χ4v) is 2.63. The molecule has 4 nitrogen and oxygen atoms in total. The fourth-order valence-electron chi connectivity index (χ4n) is 2.63. The van der Waals surface area contributed by atoms with Crippen LogP contribution in [-0.4, -0.2) is 10.9 Å². The third-order valence-electron chi connectivity index (χ3n) is 4.06. The van der Waals surface area contributed by atoms with Crippen LogP contribution in [0.15, 0.2) is 36.5 Å². The highest BCUT2D eigenvalue weighted by Crippen LogP contribution is 2.26. The summed E-state index contributed by atoms with van der Waals surface area (Å²) in [5.41, 5.74) is 4.46. The molecule has 1 aromatic heterocycles. The summed E-state index contributed by atoms with van der Waals surface area (Å²) < 4.78 is 0. The number of aryl methyl sites for hydroxylation is 2. The van der Waals surface area contributed by atoms with E-state index < -0.39 is 0 Å². The zero-order chi connectivity index (χ0) is 17.4. The summed E-state index contributed by atoms with van der Waals surface area (Å²) in [5.74, 6) is 0.834. The van der Waals surface area contributed by atoms with Crippen LogP contribution in [0, 0.1) is 0 Å². The van der Waals surface area contributed by atoms with Crippen molar-refractivity contribution in [2.75, 3.05) is 10.6 Å². The van der Waals surface area contributed by atoms with Crippen LogP contribution in [-0.2, 0) is 17.6 Å². The minimum absolute atomic E-state index is 0.0453. The van der Waals surface area contributed by atoms with Crippen molar-refractivity contribution in [3.8, 4) is 0 Å². The summed E-state index contributed by atoms with van der Waals surface area (Å²) in [4.78, 5) is 16.2. The first-order valence-electron chi connectivity index (χ1n) is 8.81. The number of unbranched alkanes of at least 4 members (excludes halogenated alkanes) is 1. The van der Waals surface area contributed by atoms with Gasteiger partial charge in [-0.3, -0.25) is 4.79 Å². The second-order valence-electron chi connectivity index (χ2n) is 5.87. The lowest BCUT2D eigenvalue weighted by Gasteiger charge is -2.15. The summed E-state index contributed by atoms with van der Waals surface area (Å²) in [6.45, 7) is 6.39. The van der Waals surface area contributed by atoms with Gasteiger partial charge in [0, 0.05) is 12.1 Å². The van der Waals surface area contributed by atoms with Crippen LogP contribution >= 0.6 is 0 Å². The average molecular weight is 325 g/mol. The van der Waals surface area contributed by atoms with Crippen molar-refractivity contribution in [3.63, 3.8) is 0 Å².